The fourth-order valence-corrected chi connectivity index (χ4v) is 1.16. The zero-order chi connectivity index (χ0) is 8.27. The zero-order valence-corrected chi connectivity index (χ0v) is 6.58. The molecule has 0 aromatic carbocycles. The van der Waals surface area contributed by atoms with Crippen molar-refractivity contribution in [1.82, 2.24) is 5.32 Å². The number of aliphatic carboxylic acids is 1. The Morgan fingerprint density at radius 3 is 2.73 bits per heavy atom. The first-order valence-corrected chi connectivity index (χ1v) is 3.85. The Balaban J connectivity index is 2.16. The first-order valence-electron chi connectivity index (χ1n) is 3.85. The van der Waals surface area contributed by atoms with Crippen LogP contribution in [-0.2, 0) is 4.79 Å². The largest absolute Gasteiger partial charge is 0.478 e. The maximum atomic E-state index is 10.0. The predicted octanol–water partition coefficient (Wildman–Crippen LogP) is 0.973. The van der Waals surface area contributed by atoms with Crippen LogP contribution in [0.25, 0.3) is 0 Å². The van der Waals surface area contributed by atoms with Gasteiger partial charge in [0.1, 0.15) is 0 Å². The molecular formula is C8H13NO2. The highest BCUT2D eigenvalue weighted by molar-refractivity contribution is 5.79. The fourth-order valence-electron chi connectivity index (χ4n) is 1.16. The number of carboxylic acids is 1. The number of carbonyl (C=O) groups is 1. The van der Waals surface area contributed by atoms with E-state index >= 15 is 0 Å². The second kappa shape index (κ2) is 3.42. The molecule has 0 aliphatic heterocycles. The fraction of sp³-hybridized carbons (Fsp3) is 0.625. The van der Waals surface area contributed by atoms with E-state index in [1.807, 2.05) is 0 Å². The maximum absolute atomic E-state index is 10.0. The molecule has 0 aromatic heterocycles. The molecule has 2 atom stereocenters. The summed E-state index contributed by atoms with van der Waals surface area (Å²) in [5.41, 5.74) is 0. The molecular weight excluding hydrogens is 142 g/mol. The maximum Gasteiger partial charge on any atom is 0.329 e. The Hall–Kier alpha value is -0.990. The molecule has 1 saturated carbocycles. The number of carboxylic acid groups (broad SMARTS) is 1. The third-order valence-corrected chi connectivity index (χ3v) is 2.16. The Morgan fingerprint density at radius 2 is 2.36 bits per heavy atom. The molecule has 3 heteroatoms. The lowest BCUT2D eigenvalue weighted by molar-refractivity contribution is -0.131. The summed E-state index contributed by atoms with van der Waals surface area (Å²) >= 11 is 0. The van der Waals surface area contributed by atoms with Crippen molar-refractivity contribution in [2.75, 3.05) is 0 Å². The Bertz CT molecular complexity index is 177. The van der Waals surface area contributed by atoms with Crippen LogP contribution in [0.5, 0.6) is 0 Å². The lowest BCUT2D eigenvalue weighted by Gasteiger charge is -2.33. The minimum atomic E-state index is -0.899. The molecule has 11 heavy (non-hydrogen) atoms. The van der Waals surface area contributed by atoms with Crippen LogP contribution in [0.2, 0.25) is 0 Å². The summed E-state index contributed by atoms with van der Waals surface area (Å²) in [7, 11) is 0. The summed E-state index contributed by atoms with van der Waals surface area (Å²) in [4.78, 5) is 10.0. The van der Waals surface area contributed by atoms with Crippen molar-refractivity contribution in [1.29, 1.82) is 0 Å². The van der Waals surface area contributed by atoms with Crippen molar-refractivity contribution in [2.45, 2.75) is 25.8 Å². The van der Waals surface area contributed by atoms with E-state index in [1.165, 1.54) is 12.6 Å². The van der Waals surface area contributed by atoms with Gasteiger partial charge in [0, 0.05) is 18.3 Å². The molecule has 62 valence electrons. The van der Waals surface area contributed by atoms with Crippen molar-refractivity contribution in [2.24, 2.45) is 5.92 Å². The van der Waals surface area contributed by atoms with E-state index < -0.39 is 5.97 Å². The van der Waals surface area contributed by atoms with Crippen LogP contribution >= 0.6 is 0 Å². The minimum Gasteiger partial charge on any atom is -0.478 e. The van der Waals surface area contributed by atoms with E-state index in [2.05, 4.69) is 12.2 Å². The molecule has 1 aliphatic carbocycles. The normalized spacial score (nSPS) is 29.9. The van der Waals surface area contributed by atoms with Gasteiger partial charge in [0.15, 0.2) is 0 Å². The standard InChI is InChI=1S/C8H13NO2/c1-6-2-3-7(6)9-5-4-8(10)11/h4-7,9H,2-3H2,1H3,(H,10,11)/b5-4+. The molecule has 2 N–H and O–H groups in total. The molecule has 0 aromatic rings. The highest BCUT2D eigenvalue weighted by Crippen LogP contribution is 2.26. The molecule has 0 saturated heterocycles. The molecule has 1 aliphatic rings. The monoisotopic (exact) mass is 155 g/mol. The predicted molar refractivity (Wildman–Crippen MR) is 42.1 cm³/mol. The second-order valence-corrected chi connectivity index (χ2v) is 3.00. The SMILES string of the molecule is CC1CCC1N/C=C/C(=O)O. The van der Waals surface area contributed by atoms with Gasteiger partial charge in [-0.2, -0.15) is 0 Å². The van der Waals surface area contributed by atoms with Crippen molar-refractivity contribution in [3.8, 4) is 0 Å². The molecule has 0 radical (unpaired) electrons. The Kier molecular flexibility index (Phi) is 2.52. The second-order valence-electron chi connectivity index (χ2n) is 3.00. The van der Waals surface area contributed by atoms with E-state index in [0.717, 1.165) is 12.5 Å². The Morgan fingerprint density at radius 1 is 1.64 bits per heavy atom. The molecule has 0 amide bonds. The van der Waals surface area contributed by atoms with Crippen LogP contribution in [0.15, 0.2) is 12.3 Å². The average Bonchev–Trinajstić information content (AvgIpc) is 1.94. The number of rotatable bonds is 3. The molecule has 3 nitrogen and oxygen atoms in total. The van der Waals surface area contributed by atoms with Gasteiger partial charge >= 0.3 is 5.97 Å². The van der Waals surface area contributed by atoms with Crippen molar-refractivity contribution >= 4 is 5.97 Å². The van der Waals surface area contributed by atoms with Gasteiger partial charge in [0.2, 0.25) is 0 Å². The van der Waals surface area contributed by atoms with Crippen LogP contribution in [0, 0.1) is 5.92 Å². The van der Waals surface area contributed by atoms with Crippen LogP contribution < -0.4 is 5.32 Å². The van der Waals surface area contributed by atoms with E-state index in [0.29, 0.717) is 12.0 Å². The van der Waals surface area contributed by atoms with Gasteiger partial charge in [-0.3, -0.25) is 0 Å². The highest BCUT2D eigenvalue weighted by Gasteiger charge is 2.24. The average molecular weight is 155 g/mol. The van der Waals surface area contributed by atoms with Gasteiger partial charge < -0.3 is 10.4 Å². The summed E-state index contributed by atoms with van der Waals surface area (Å²) in [6.45, 7) is 2.16. The third-order valence-electron chi connectivity index (χ3n) is 2.16. The molecule has 0 bridgehead atoms. The van der Waals surface area contributed by atoms with Crippen LogP contribution in [0.3, 0.4) is 0 Å². The van der Waals surface area contributed by atoms with E-state index in [1.54, 1.807) is 0 Å². The minimum absolute atomic E-state index is 0.491. The van der Waals surface area contributed by atoms with Gasteiger partial charge in [-0.25, -0.2) is 4.79 Å². The summed E-state index contributed by atoms with van der Waals surface area (Å²) in [5, 5.41) is 11.3. The number of hydrogen-bond acceptors (Lipinski definition) is 2. The zero-order valence-electron chi connectivity index (χ0n) is 6.58. The smallest absolute Gasteiger partial charge is 0.329 e. The van der Waals surface area contributed by atoms with Crippen LogP contribution in [-0.4, -0.2) is 17.1 Å². The third kappa shape index (κ3) is 2.26. The van der Waals surface area contributed by atoms with E-state index in [-0.39, 0.29) is 0 Å². The summed E-state index contributed by atoms with van der Waals surface area (Å²) < 4.78 is 0. The highest BCUT2D eigenvalue weighted by atomic mass is 16.4. The van der Waals surface area contributed by atoms with Gasteiger partial charge in [-0.1, -0.05) is 6.92 Å². The van der Waals surface area contributed by atoms with Gasteiger partial charge in [-0.15, -0.1) is 0 Å². The molecule has 1 fully saturated rings. The van der Waals surface area contributed by atoms with Crippen molar-refractivity contribution in [3.63, 3.8) is 0 Å². The lowest BCUT2D eigenvalue weighted by Crippen LogP contribution is -2.39. The quantitative estimate of drug-likeness (QED) is 0.597. The molecule has 0 heterocycles. The van der Waals surface area contributed by atoms with E-state index in [9.17, 15) is 4.79 Å². The topological polar surface area (TPSA) is 49.3 Å². The van der Waals surface area contributed by atoms with Crippen LogP contribution in [0.4, 0.5) is 0 Å². The van der Waals surface area contributed by atoms with Crippen molar-refractivity contribution in [3.05, 3.63) is 12.3 Å². The molecule has 0 spiro atoms. The van der Waals surface area contributed by atoms with E-state index in [4.69, 9.17) is 5.11 Å². The van der Waals surface area contributed by atoms with Gasteiger partial charge in [0.05, 0.1) is 0 Å². The number of nitrogens with one attached hydrogen (secondary N) is 1. The first-order chi connectivity index (χ1) is 5.20. The number of hydrogen-bond donors (Lipinski definition) is 2. The lowest BCUT2D eigenvalue weighted by atomic mass is 9.81. The molecule has 1 rings (SSSR count). The van der Waals surface area contributed by atoms with Gasteiger partial charge in [-0.05, 0) is 18.8 Å². The summed E-state index contributed by atoms with van der Waals surface area (Å²) in [6, 6.07) is 0.491. The molecule has 2 unspecified atom stereocenters. The van der Waals surface area contributed by atoms with Crippen molar-refractivity contribution < 1.29 is 9.90 Å². The summed E-state index contributed by atoms with van der Waals surface area (Å²) in [6.07, 6.45) is 5.05. The van der Waals surface area contributed by atoms with Crippen LogP contribution in [0.1, 0.15) is 19.8 Å². The Labute approximate surface area is 66.1 Å². The van der Waals surface area contributed by atoms with Gasteiger partial charge in [0.25, 0.3) is 0 Å². The summed E-state index contributed by atoms with van der Waals surface area (Å²) in [5.74, 6) is -0.210. The first kappa shape index (κ1) is 8.11.